The number of likely N-dealkylation sites (tertiary alicyclic amines) is 1. The van der Waals surface area contributed by atoms with Gasteiger partial charge in [-0.15, -0.1) is 0 Å². The minimum Gasteiger partial charge on any atom is -0.542 e. The second-order valence-electron chi connectivity index (χ2n) is 16.9. The third-order valence-electron chi connectivity index (χ3n) is 10.8. The highest BCUT2D eigenvalue weighted by Crippen LogP contribution is 2.41. The number of carbonyl (C=O) groups excluding carboxylic acids is 4. The Bertz CT molecular complexity index is 1790. The van der Waals surface area contributed by atoms with Crippen LogP contribution in [0.5, 0.6) is 28.7 Å². The van der Waals surface area contributed by atoms with Crippen molar-refractivity contribution in [2.45, 2.75) is 136 Å². The maximum atomic E-state index is 13.3. The molecule has 15 nitrogen and oxygen atoms in total. The van der Waals surface area contributed by atoms with Gasteiger partial charge in [-0.1, -0.05) is 41.0 Å². The van der Waals surface area contributed by atoms with Crippen LogP contribution in [-0.2, 0) is 14.4 Å². The Kier molecular flexibility index (Phi) is 26.8. The number of halogens is 3. The minimum absolute atomic E-state index is 0. The van der Waals surface area contributed by atoms with Gasteiger partial charge in [0.2, 0.25) is 5.75 Å². The third-order valence-corrected chi connectivity index (χ3v) is 10.8. The molecule has 2 aromatic rings. The topological polar surface area (TPSA) is 205 Å². The fourth-order valence-corrected chi connectivity index (χ4v) is 7.53. The predicted octanol–water partition coefficient (Wildman–Crippen LogP) is 8.07. The number of methoxy groups -OCH3 is 4. The number of aliphatic carboxylic acids is 1. The molecule has 2 unspecified atom stereocenters. The highest BCUT2D eigenvalue weighted by Gasteiger charge is 2.31. The van der Waals surface area contributed by atoms with Gasteiger partial charge in [-0.25, -0.2) is 4.79 Å². The number of nitrogens with one attached hydrogen (secondary N) is 1. The zero-order chi connectivity index (χ0) is 48.0. The van der Waals surface area contributed by atoms with Gasteiger partial charge >= 0.3 is 12.3 Å². The van der Waals surface area contributed by atoms with Gasteiger partial charge in [0, 0.05) is 62.0 Å². The Labute approximate surface area is 389 Å². The molecule has 0 saturated carbocycles. The molecule has 2 heterocycles. The Hall–Kier alpha value is -4.62. The SMILES string of the molecule is CC(C)C[C@H](C)C(=O)CCC1CCCCN1.COc1ccc(N=Nc2cc(OC)c(OC)c(OC)c2)cc1OC(=O)N1CCCCC1CCC(=O)[C@@H]([NH3+])CC(C)C.O=C([O-])C(F)(F)F.S. The monoisotopic (exact) mass is 943 g/mol. The van der Waals surface area contributed by atoms with Crippen LogP contribution in [0.3, 0.4) is 0 Å². The summed E-state index contributed by atoms with van der Waals surface area (Å²) in [5, 5.41) is 20.9. The lowest BCUT2D eigenvalue weighted by atomic mass is 9.91. The van der Waals surface area contributed by atoms with Crippen LogP contribution in [0.1, 0.15) is 112 Å². The van der Waals surface area contributed by atoms with Crippen molar-refractivity contribution >= 4 is 48.5 Å². The number of carbonyl (C=O) groups is 4. The number of carboxylic acids is 1. The van der Waals surface area contributed by atoms with E-state index in [0.717, 1.165) is 51.5 Å². The summed E-state index contributed by atoms with van der Waals surface area (Å²) in [6.07, 6.45) is 5.53. The zero-order valence-corrected chi connectivity index (χ0v) is 40.5. The summed E-state index contributed by atoms with van der Waals surface area (Å²) in [5.74, 6) is 0.872. The van der Waals surface area contributed by atoms with Crippen LogP contribution in [0.4, 0.5) is 29.3 Å². The summed E-state index contributed by atoms with van der Waals surface area (Å²) in [6.45, 7) is 12.3. The van der Waals surface area contributed by atoms with E-state index in [2.05, 4.69) is 55.9 Å². The van der Waals surface area contributed by atoms with Gasteiger partial charge < -0.3 is 49.5 Å². The Morgan fingerprint density at radius 3 is 1.85 bits per heavy atom. The molecule has 0 aliphatic carbocycles. The van der Waals surface area contributed by atoms with E-state index in [9.17, 15) is 27.6 Å². The van der Waals surface area contributed by atoms with Crippen LogP contribution in [0.15, 0.2) is 40.6 Å². The van der Waals surface area contributed by atoms with Crippen molar-refractivity contribution in [1.82, 2.24) is 10.2 Å². The van der Waals surface area contributed by atoms with Gasteiger partial charge in [-0.05, 0) is 81.9 Å². The number of Topliss-reactive ketones (excluding diaryl/α,β-unsaturated/α-hetero) is 2. The molecule has 2 aliphatic rings. The van der Waals surface area contributed by atoms with Crippen LogP contribution in [0.25, 0.3) is 0 Å². The molecule has 0 spiro atoms. The standard InChI is InChI=1S/C30H42N4O7.C14H27NO.C2HF3O2.H2S/c1-19(2)15-23(31)24(35)12-11-22-9-7-8-14-34(22)30(36)41-26-16-20(10-13-25(26)37-3)32-33-21-17-27(38-4)29(40-6)28(18-21)39-5;1-11(2)10-12(3)14(16)8-7-13-6-4-5-9-15-13;3-2(4,5)1(6)7;/h10,13,16-19,22-23H,7-9,11-12,14-15,31H2,1-6H3;11-13,15H,4-10H2,1-3H3;(H,6,7);1H2/t22?,23-;12-,13?;;/m00../s1. The molecule has 2 fully saturated rings. The summed E-state index contributed by atoms with van der Waals surface area (Å²) >= 11 is 0. The first-order chi connectivity index (χ1) is 30.2. The lowest BCUT2D eigenvalue weighted by Crippen LogP contribution is -2.65. The van der Waals surface area contributed by atoms with Crippen LogP contribution in [0, 0.1) is 17.8 Å². The summed E-state index contributed by atoms with van der Waals surface area (Å²) in [4.78, 5) is 48.3. The predicted molar refractivity (Wildman–Crippen MR) is 244 cm³/mol. The number of hydrogen-bond acceptors (Lipinski definition) is 13. The normalized spacial score (nSPS) is 17.1. The van der Waals surface area contributed by atoms with E-state index in [4.69, 9.17) is 33.6 Å². The van der Waals surface area contributed by atoms with Gasteiger partial charge in [-0.3, -0.25) is 9.59 Å². The molecule has 0 aromatic heterocycles. The number of ether oxygens (including phenoxy) is 5. The molecule has 4 rings (SSSR count). The van der Waals surface area contributed by atoms with Crippen molar-refractivity contribution in [1.29, 1.82) is 0 Å². The molecule has 1 amide bonds. The number of rotatable bonds is 19. The van der Waals surface area contributed by atoms with Gasteiger partial charge in [-0.2, -0.15) is 36.9 Å². The summed E-state index contributed by atoms with van der Waals surface area (Å²) in [7, 11) is 6.08. The number of quaternary nitrogens is 1. The average molecular weight is 944 g/mol. The fraction of sp³-hybridized carbons (Fsp3) is 0.652. The minimum atomic E-state index is -5.19. The van der Waals surface area contributed by atoms with Crippen LogP contribution in [0.2, 0.25) is 0 Å². The molecule has 19 heteroatoms. The number of alkyl halides is 3. The largest absolute Gasteiger partial charge is 0.542 e. The molecule has 65 heavy (non-hydrogen) atoms. The van der Waals surface area contributed by atoms with Gasteiger partial charge in [0.15, 0.2) is 28.8 Å². The molecule has 0 bridgehead atoms. The first kappa shape index (κ1) is 58.4. The number of azo groups is 1. The Morgan fingerprint density at radius 1 is 0.769 bits per heavy atom. The molecule has 2 aromatic carbocycles. The van der Waals surface area contributed by atoms with Crippen LogP contribution >= 0.6 is 13.5 Å². The second kappa shape index (κ2) is 29.8. The number of amides is 1. The first-order valence-corrected chi connectivity index (χ1v) is 22.0. The van der Waals surface area contributed by atoms with E-state index < -0.39 is 18.2 Å². The van der Waals surface area contributed by atoms with Crippen molar-refractivity contribution in [2.75, 3.05) is 41.5 Å². The number of carboxylic acid groups (broad SMARTS) is 1. The highest BCUT2D eigenvalue weighted by atomic mass is 32.1. The number of ketones is 2. The second-order valence-corrected chi connectivity index (χ2v) is 16.9. The molecule has 4 N–H and O–H groups in total. The number of hydrogen-bond donors (Lipinski definition) is 2. The van der Waals surface area contributed by atoms with E-state index in [1.54, 1.807) is 35.2 Å². The number of piperidine rings is 2. The summed E-state index contributed by atoms with van der Waals surface area (Å²) in [6, 6.07) is 8.64. The van der Waals surface area contributed by atoms with Gasteiger partial charge in [0.1, 0.15) is 17.8 Å². The van der Waals surface area contributed by atoms with Gasteiger partial charge in [0.05, 0.1) is 39.8 Å². The molecule has 368 valence electrons. The third kappa shape index (κ3) is 21.0. The fourth-order valence-electron chi connectivity index (χ4n) is 7.53. The Morgan fingerprint density at radius 2 is 1.32 bits per heavy atom. The lowest BCUT2D eigenvalue weighted by molar-refractivity contribution is -0.406. The van der Waals surface area contributed by atoms with Crippen LogP contribution < -0.4 is 39.8 Å². The zero-order valence-electron chi connectivity index (χ0n) is 39.5. The molecule has 2 aliphatic heterocycles. The summed E-state index contributed by atoms with van der Waals surface area (Å²) < 4.78 is 58.9. The number of benzene rings is 2. The van der Waals surface area contributed by atoms with E-state index >= 15 is 0 Å². The smallest absolute Gasteiger partial charge is 0.430 e. The van der Waals surface area contributed by atoms with Crippen LogP contribution in [-0.4, -0.2) is 94.4 Å². The Balaban J connectivity index is 0.000000722. The lowest BCUT2D eigenvalue weighted by Gasteiger charge is -2.35. The van der Waals surface area contributed by atoms with E-state index in [-0.39, 0.29) is 43.0 Å². The van der Waals surface area contributed by atoms with Crippen molar-refractivity contribution in [3.05, 3.63) is 30.3 Å². The molecule has 0 radical (unpaired) electrons. The maximum absolute atomic E-state index is 13.3. The average Bonchev–Trinajstić information content (AvgIpc) is 3.26. The van der Waals surface area contributed by atoms with E-state index in [0.29, 0.717) is 77.4 Å². The molecular formula is C46H72F3N5O10S. The maximum Gasteiger partial charge on any atom is 0.430 e. The quantitative estimate of drug-likeness (QED) is 0.129. The van der Waals surface area contributed by atoms with E-state index in [1.165, 1.54) is 47.7 Å². The van der Waals surface area contributed by atoms with E-state index in [1.807, 2.05) is 0 Å². The first-order valence-electron chi connectivity index (χ1n) is 22.0. The number of nitrogens with zero attached hydrogens (tertiary/aromatic N) is 3. The summed E-state index contributed by atoms with van der Waals surface area (Å²) in [5.41, 5.74) is 4.97. The van der Waals surface area contributed by atoms with Gasteiger partial charge in [0.25, 0.3) is 0 Å². The molecule has 4 atom stereocenters. The highest BCUT2D eigenvalue weighted by molar-refractivity contribution is 7.59. The van der Waals surface area contributed by atoms with Crippen molar-refractivity contribution in [3.8, 4) is 28.7 Å². The molecular weight excluding hydrogens is 872 g/mol. The van der Waals surface area contributed by atoms with Crippen molar-refractivity contribution < 1.29 is 66.9 Å². The molecule has 2 saturated heterocycles. The van der Waals surface area contributed by atoms with Crippen molar-refractivity contribution in [3.63, 3.8) is 0 Å². The van der Waals surface area contributed by atoms with Crippen molar-refractivity contribution in [2.24, 2.45) is 28.0 Å².